The van der Waals surface area contributed by atoms with Crippen LogP contribution in [-0.2, 0) is 9.53 Å². The van der Waals surface area contributed by atoms with Crippen LogP contribution in [0.1, 0.15) is 28.8 Å². The maximum absolute atomic E-state index is 12.2. The van der Waals surface area contributed by atoms with Gasteiger partial charge in [-0.3, -0.25) is 9.59 Å². The molecule has 118 valence electrons. The van der Waals surface area contributed by atoms with Crippen LogP contribution in [0, 0.1) is 6.92 Å². The first-order chi connectivity index (χ1) is 10.6. The fraction of sp³-hybridized carbons (Fsp3) is 0.500. The molecule has 0 bridgehead atoms. The van der Waals surface area contributed by atoms with E-state index < -0.39 is 0 Å². The van der Waals surface area contributed by atoms with Gasteiger partial charge in [-0.2, -0.15) is 0 Å². The predicted molar refractivity (Wildman–Crippen MR) is 82.9 cm³/mol. The molecule has 0 aromatic heterocycles. The number of carbonyl (C=O) groups excluding carboxylic acids is 2. The van der Waals surface area contributed by atoms with Gasteiger partial charge < -0.3 is 20.7 Å². The van der Waals surface area contributed by atoms with Crippen molar-refractivity contribution in [3.05, 3.63) is 29.3 Å². The zero-order chi connectivity index (χ0) is 15.5. The number of ether oxygens (including phenoxy) is 1. The van der Waals surface area contributed by atoms with Gasteiger partial charge in [0.05, 0.1) is 13.2 Å². The van der Waals surface area contributed by atoms with Crippen LogP contribution in [0.25, 0.3) is 0 Å². The number of hydrogen-bond donors (Lipinski definition) is 3. The minimum Gasteiger partial charge on any atom is -0.378 e. The first-order valence-corrected chi connectivity index (χ1v) is 7.67. The van der Waals surface area contributed by atoms with Gasteiger partial charge in [0.1, 0.15) is 6.04 Å². The number of hydrogen-bond acceptors (Lipinski definition) is 4. The third kappa shape index (κ3) is 3.64. The molecule has 3 N–H and O–H groups in total. The monoisotopic (exact) mass is 303 g/mol. The van der Waals surface area contributed by atoms with Crippen LogP contribution in [-0.4, -0.2) is 43.7 Å². The van der Waals surface area contributed by atoms with Crippen LogP contribution >= 0.6 is 0 Å². The quantitative estimate of drug-likeness (QED) is 0.769. The van der Waals surface area contributed by atoms with Gasteiger partial charge in [0, 0.05) is 23.8 Å². The fourth-order valence-corrected chi connectivity index (χ4v) is 2.35. The third-order valence-electron chi connectivity index (χ3n) is 3.91. The molecule has 6 nitrogen and oxygen atoms in total. The molecular formula is C16H21N3O3. The zero-order valence-electron chi connectivity index (χ0n) is 12.6. The lowest BCUT2D eigenvalue weighted by atomic mass is 10.1. The Bertz CT molecular complexity index is 578. The molecule has 0 radical (unpaired) electrons. The van der Waals surface area contributed by atoms with Crippen molar-refractivity contribution in [1.82, 2.24) is 10.6 Å². The Labute approximate surface area is 129 Å². The number of aryl methyl sites for hydroxylation is 1. The maximum atomic E-state index is 12.2. The summed E-state index contributed by atoms with van der Waals surface area (Å²) in [6.07, 6.45) is 2.10. The van der Waals surface area contributed by atoms with Crippen LogP contribution < -0.4 is 16.0 Å². The molecule has 2 amide bonds. The van der Waals surface area contributed by atoms with E-state index in [-0.39, 0.29) is 17.9 Å². The highest BCUT2D eigenvalue weighted by atomic mass is 16.5. The van der Waals surface area contributed by atoms with E-state index in [4.69, 9.17) is 4.74 Å². The number of rotatable bonds is 4. The normalized spacial score (nSPS) is 21.2. The first-order valence-electron chi connectivity index (χ1n) is 7.67. The second-order valence-corrected chi connectivity index (χ2v) is 5.85. The SMILES string of the molecule is Cc1ccc(C(=O)NC2CC2)cc1NC(=O)C1COCCN1. The van der Waals surface area contributed by atoms with Crippen LogP contribution in [0.3, 0.4) is 0 Å². The molecule has 2 fully saturated rings. The number of benzene rings is 1. The Morgan fingerprint density at radius 1 is 1.32 bits per heavy atom. The lowest BCUT2D eigenvalue weighted by molar-refractivity contribution is -0.120. The van der Waals surface area contributed by atoms with Crippen molar-refractivity contribution in [3.8, 4) is 0 Å². The van der Waals surface area contributed by atoms with E-state index in [1.54, 1.807) is 12.1 Å². The minimum atomic E-state index is -0.350. The van der Waals surface area contributed by atoms with Gasteiger partial charge in [0.15, 0.2) is 0 Å². The molecule has 1 saturated carbocycles. The van der Waals surface area contributed by atoms with Crippen molar-refractivity contribution in [2.24, 2.45) is 0 Å². The van der Waals surface area contributed by atoms with Gasteiger partial charge in [-0.25, -0.2) is 0 Å². The lowest BCUT2D eigenvalue weighted by Crippen LogP contribution is -2.48. The van der Waals surface area contributed by atoms with E-state index in [0.29, 0.717) is 37.1 Å². The summed E-state index contributed by atoms with van der Waals surface area (Å²) in [5.41, 5.74) is 2.16. The summed E-state index contributed by atoms with van der Waals surface area (Å²) in [5, 5.41) is 8.95. The molecule has 2 aliphatic rings. The second-order valence-electron chi connectivity index (χ2n) is 5.85. The summed E-state index contributed by atoms with van der Waals surface area (Å²) in [5.74, 6) is -0.223. The summed E-state index contributed by atoms with van der Waals surface area (Å²) in [6.45, 7) is 3.57. The average Bonchev–Trinajstić information content (AvgIpc) is 3.34. The summed E-state index contributed by atoms with van der Waals surface area (Å²) >= 11 is 0. The highest BCUT2D eigenvalue weighted by Gasteiger charge is 2.25. The van der Waals surface area contributed by atoms with Crippen LogP contribution in [0.5, 0.6) is 0 Å². The molecular weight excluding hydrogens is 282 g/mol. The highest BCUT2D eigenvalue weighted by Crippen LogP contribution is 2.21. The van der Waals surface area contributed by atoms with Gasteiger partial charge in [-0.05, 0) is 37.5 Å². The van der Waals surface area contributed by atoms with E-state index >= 15 is 0 Å². The Kier molecular flexibility index (Phi) is 4.40. The van der Waals surface area contributed by atoms with E-state index in [1.165, 1.54) is 0 Å². The Morgan fingerprint density at radius 2 is 2.14 bits per heavy atom. The molecule has 1 saturated heterocycles. The Morgan fingerprint density at radius 3 is 2.82 bits per heavy atom. The molecule has 1 aliphatic heterocycles. The summed E-state index contributed by atoms with van der Waals surface area (Å²) in [4.78, 5) is 24.3. The molecule has 0 spiro atoms. The third-order valence-corrected chi connectivity index (χ3v) is 3.91. The van der Waals surface area contributed by atoms with Crippen molar-refractivity contribution in [2.45, 2.75) is 31.8 Å². The van der Waals surface area contributed by atoms with Gasteiger partial charge in [-0.1, -0.05) is 6.07 Å². The minimum absolute atomic E-state index is 0.0860. The summed E-state index contributed by atoms with van der Waals surface area (Å²) in [6, 6.07) is 5.33. The van der Waals surface area contributed by atoms with Gasteiger partial charge in [-0.15, -0.1) is 0 Å². The molecule has 6 heteroatoms. The molecule has 22 heavy (non-hydrogen) atoms. The maximum Gasteiger partial charge on any atom is 0.251 e. The standard InChI is InChI=1S/C16H21N3O3/c1-10-2-3-11(15(20)18-12-4-5-12)8-13(10)19-16(21)14-9-22-7-6-17-14/h2-3,8,12,14,17H,4-7,9H2,1H3,(H,18,20)(H,19,21). The molecule has 1 aromatic carbocycles. The molecule has 1 atom stereocenters. The number of nitrogens with one attached hydrogen (secondary N) is 3. The number of amides is 2. The van der Waals surface area contributed by atoms with E-state index in [0.717, 1.165) is 18.4 Å². The molecule has 1 aliphatic carbocycles. The van der Waals surface area contributed by atoms with Crippen molar-refractivity contribution in [2.75, 3.05) is 25.1 Å². The first kappa shape index (κ1) is 15.0. The van der Waals surface area contributed by atoms with Crippen LogP contribution in [0.4, 0.5) is 5.69 Å². The number of anilines is 1. The second kappa shape index (κ2) is 6.46. The molecule has 1 heterocycles. The summed E-state index contributed by atoms with van der Waals surface area (Å²) in [7, 11) is 0. The van der Waals surface area contributed by atoms with Gasteiger partial charge in [0.25, 0.3) is 5.91 Å². The lowest BCUT2D eigenvalue weighted by Gasteiger charge is -2.23. The predicted octanol–water partition coefficient (Wildman–Crippen LogP) is 0.814. The smallest absolute Gasteiger partial charge is 0.251 e. The van der Waals surface area contributed by atoms with Crippen molar-refractivity contribution in [1.29, 1.82) is 0 Å². The van der Waals surface area contributed by atoms with E-state index in [1.807, 2.05) is 13.0 Å². The molecule has 1 aromatic rings. The largest absolute Gasteiger partial charge is 0.378 e. The topological polar surface area (TPSA) is 79.5 Å². The number of carbonyl (C=O) groups is 2. The zero-order valence-corrected chi connectivity index (χ0v) is 12.6. The van der Waals surface area contributed by atoms with E-state index in [9.17, 15) is 9.59 Å². The van der Waals surface area contributed by atoms with Gasteiger partial charge >= 0.3 is 0 Å². The van der Waals surface area contributed by atoms with Crippen LogP contribution in [0.2, 0.25) is 0 Å². The fourth-order valence-electron chi connectivity index (χ4n) is 2.35. The van der Waals surface area contributed by atoms with Gasteiger partial charge in [0.2, 0.25) is 5.91 Å². The molecule has 1 unspecified atom stereocenters. The summed E-state index contributed by atoms with van der Waals surface area (Å²) < 4.78 is 5.30. The van der Waals surface area contributed by atoms with E-state index in [2.05, 4.69) is 16.0 Å². The van der Waals surface area contributed by atoms with Crippen molar-refractivity contribution in [3.63, 3.8) is 0 Å². The van der Waals surface area contributed by atoms with Crippen LogP contribution in [0.15, 0.2) is 18.2 Å². The Balaban J connectivity index is 1.68. The number of morpholine rings is 1. The molecule has 3 rings (SSSR count). The average molecular weight is 303 g/mol. The highest BCUT2D eigenvalue weighted by molar-refractivity contribution is 5.99. The Hall–Kier alpha value is -1.92. The van der Waals surface area contributed by atoms with Crippen molar-refractivity contribution >= 4 is 17.5 Å². The van der Waals surface area contributed by atoms with Crippen molar-refractivity contribution < 1.29 is 14.3 Å².